The predicted molar refractivity (Wildman–Crippen MR) is 38.6 cm³/mol. The molecule has 0 bridgehead atoms. The summed E-state index contributed by atoms with van der Waals surface area (Å²) in [7, 11) is 0. The van der Waals surface area contributed by atoms with Crippen LogP contribution in [-0.2, 0) is 0 Å². The van der Waals surface area contributed by atoms with Gasteiger partial charge in [0.15, 0.2) is 0 Å². The largest absolute Gasteiger partial charge is 0.396 e. The molecule has 0 aromatic carbocycles. The van der Waals surface area contributed by atoms with Crippen LogP contribution in [0, 0.1) is 5.41 Å². The van der Waals surface area contributed by atoms with Crippen LogP contribution in [0.15, 0.2) is 0 Å². The van der Waals surface area contributed by atoms with Crippen LogP contribution in [0.25, 0.3) is 0 Å². The minimum Gasteiger partial charge on any atom is -0.396 e. The van der Waals surface area contributed by atoms with Crippen LogP contribution in [0.1, 0.15) is 19.8 Å². The van der Waals surface area contributed by atoms with Gasteiger partial charge in [0.1, 0.15) is 0 Å². The first-order valence-corrected chi connectivity index (χ1v) is 3.57. The summed E-state index contributed by atoms with van der Waals surface area (Å²) in [4.78, 5) is 0. The molecule has 3 heteroatoms. The Balaban J connectivity index is 3.87. The van der Waals surface area contributed by atoms with Crippen molar-refractivity contribution in [3.8, 4) is 0 Å². The molecule has 0 atom stereocenters. The van der Waals surface area contributed by atoms with Gasteiger partial charge < -0.3 is 15.3 Å². The fraction of sp³-hybridized carbons (Fsp3) is 1.00. The van der Waals surface area contributed by atoms with E-state index in [2.05, 4.69) is 0 Å². The average Bonchev–Trinajstić information content (AvgIpc) is 2.01. The summed E-state index contributed by atoms with van der Waals surface area (Å²) in [6.07, 6.45) is 1.16. The third kappa shape index (κ3) is 2.25. The van der Waals surface area contributed by atoms with Gasteiger partial charge in [0.2, 0.25) is 0 Å². The highest BCUT2D eigenvalue weighted by Crippen LogP contribution is 2.23. The van der Waals surface area contributed by atoms with Gasteiger partial charge in [-0.05, 0) is 12.8 Å². The molecule has 0 aliphatic heterocycles. The van der Waals surface area contributed by atoms with E-state index in [0.717, 1.165) is 0 Å². The molecule has 3 N–H and O–H groups in total. The Morgan fingerprint density at radius 1 is 1.10 bits per heavy atom. The van der Waals surface area contributed by atoms with Crippen molar-refractivity contribution in [3.63, 3.8) is 0 Å². The van der Waals surface area contributed by atoms with Gasteiger partial charge in [-0.3, -0.25) is 0 Å². The molecule has 0 rings (SSSR count). The molecule has 10 heavy (non-hydrogen) atoms. The third-order valence-corrected chi connectivity index (χ3v) is 2.06. The normalized spacial score (nSPS) is 12.0. The maximum absolute atomic E-state index is 8.84. The zero-order valence-corrected chi connectivity index (χ0v) is 6.38. The first-order valence-electron chi connectivity index (χ1n) is 3.57. The smallest absolute Gasteiger partial charge is 0.0510 e. The zero-order valence-electron chi connectivity index (χ0n) is 6.38. The Hall–Kier alpha value is -0.120. The van der Waals surface area contributed by atoms with Crippen molar-refractivity contribution in [1.82, 2.24) is 0 Å². The molecule has 0 unspecified atom stereocenters. The highest BCUT2D eigenvalue weighted by atomic mass is 16.3. The standard InChI is InChI=1S/C7H16O3/c1-2-7(5-9,6-10)3-4-8/h8-10H,2-6H2,1H3. The second-order valence-electron chi connectivity index (χ2n) is 2.64. The molecule has 0 aromatic rings. The number of aliphatic hydroxyl groups is 3. The molecule has 0 spiro atoms. The van der Waals surface area contributed by atoms with Crippen molar-refractivity contribution < 1.29 is 15.3 Å². The molecule has 0 fully saturated rings. The van der Waals surface area contributed by atoms with Crippen LogP contribution in [-0.4, -0.2) is 35.1 Å². The summed E-state index contributed by atoms with van der Waals surface area (Å²) in [5.41, 5.74) is -0.464. The maximum Gasteiger partial charge on any atom is 0.0510 e. The Labute approximate surface area is 61.3 Å². The fourth-order valence-electron chi connectivity index (χ4n) is 0.846. The molecule has 0 aliphatic carbocycles. The first-order chi connectivity index (χ1) is 4.74. The Kier molecular flexibility index (Phi) is 4.60. The summed E-state index contributed by atoms with van der Waals surface area (Å²) in [5, 5.41) is 26.2. The van der Waals surface area contributed by atoms with E-state index in [9.17, 15) is 0 Å². The lowest BCUT2D eigenvalue weighted by atomic mass is 9.84. The van der Waals surface area contributed by atoms with Crippen molar-refractivity contribution in [3.05, 3.63) is 0 Å². The van der Waals surface area contributed by atoms with Crippen LogP contribution in [0.3, 0.4) is 0 Å². The van der Waals surface area contributed by atoms with Crippen LogP contribution >= 0.6 is 0 Å². The van der Waals surface area contributed by atoms with Crippen LogP contribution in [0.5, 0.6) is 0 Å². The van der Waals surface area contributed by atoms with Gasteiger partial charge in [-0.15, -0.1) is 0 Å². The number of rotatable bonds is 5. The summed E-state index contributed by atoms with van der Waals surface area (Å²) in [5.74, 6) is 0. The number of hydrogen-bond acceptors (Lipinski definition) is 3. The van der Waals surface area contributed by atoms with E-state index >= 15 is 0 Å². The highest BCUT2D eigenvalue weighted by molar-refractivity contribution is 4.75. The second-order valence-corrected chi connectivity index (χ2v) is 2.64. The van der Waals surface area contributed by atoms with Gasteiger partial charge in [0.05, 0.1) is 13.2 Å². The Morgan fingerprint density at radius 3 is 1.70 bits per heavy atom. The molecule has 62 valence electrons. The predicted octanol–water partition coefficient (Wildman–Crippen LogP) is -0.250. The molecule has 0 saturated heterocycles. The van der Waals surface area contributed by atoms with Crippen molar-refractivity contribution in [2.45, 2.75) is 19.8 Å². The van der Waals surface area contributed by atoms with Crippen molar-refractivity contribution in [1.29, 1.82) is 0 Å². The molecule has 0 aromatic heterocycles. The fourth-order valence-corrected chi connectivity index (χ4v) is 0.846. The summed E-state index contributed by atoms with van der Waals surface area (Å²) < 4.78 is 0. The van der Waals surface area contributed by atoms with E-state index in [1.807, 2.05) is 6.92 Å². The summed E-state index contributed by atoms with van der Waals surface area (Å²) in [6, 6.07) is 0. The van der Waals surface area contributed by atoms with E-state index in [-0.39, 0.29) is 19.8 Å². The van der Waals surface area contributed by atoms with Crippen LogP contribution in [0.2, 0.25) is 0 Å². The van der Waals surface area contributed by atoms with Crippen LogP contribution in [0.4, 0.5) is 0 Å². The van der Waals surface area contributed by atoms with E-state index in [1.165, 1.54) is 0 Å². The van der Waals surface area contributed by atoms with Crippen molar-refractivity contribution in [2.24, 2.45) is 5.41 Å². The lowest BCUT2D eigenvalue weighted by Crippen LogP contribution is -2.30. The lowest BCUT2D eigenvalue weighted by molar-refractivity contribution is 0.0295. The topological polar surface area (TPSA) is 60.7 Å². The van der Waals surface area contributed by atoms with Crippen LogP contribution < -0.4 is 0 Å². The molecule has 0 radical (unpaired) electrons. The van der Waals surface area contributed by atoms with E-state index in [0.29, 0.717) is 12.8 Å². The zero-order chi connectivity index (χ0) is 8.04. The van der Waals surface area contributed by atoms with Crippen molar-refractivity contribution in [2.75, 3.05) is 19.8 Å². The van der Waals surface area contributed by atoms with Gasteiger partial charge in [0, 0.05) is 12.0 Å². The second kappa shape index (κ2) is 4.66. The van der Waals surface area contributed by atoms with Gasteiger partial charge in [-0.1, -0.05) is 6.92 Å². The average molecular weight is 148 g/mol. The van der Waals surface area contributed by atoms with Gasteiger partial charge in [0.25, 0.3) is 0 Å². The van der Waals surface area contributed by atoms with Gasteiger partial charge >= 0.3 is 0 Å². The minimum atomic E-state index is -0.464. The molecule has 0 saturated carbocycles. The molecular weight excluding hydrogens is 132 g/mol. The quantitative estimate of drug-likeness (QED) is 0.504. The molecule has 0 aliphatic rings. The Morgan fingerprint density at radius 2 is 1.60 bits per heavy atom. The van der Waals surface area contributed by atoms with Crippen molar-refractivity contribution >= 4 is 0 Å². The molecular formula is C7H16O3. The first kappa shape index (κ1) is 9.88. The van der Waals surface area contributed by atoms with Gasteiger partial charge in [-0.25, -0.2) is 0 Å². The summed E-state index contributed by atoms with van der Waals surface area (Å²) >= 11 is 0. The molecule has 0 amide bonds. The molecule has 0 heterocycles. The SMILES string of the molecule is CCC(CO)(CO)CCO. The minimum absolute atomic E-state index is 0.0228. The van der Waals surface area contributed by atoms with Gasteiger partial charge in [-0.2, -0.15) is 0 Å². The summed E-state index contributed by atoms with van der Waals surface area (Å²) in [6.45, 7) is 1.80. The maximum atomic E-state index is 8.84. The number of hydrogen-bond donors (Lipinski definition) is 3. The monoisotopic (exact) mass is 148 g/mol. The van der Waals surface area contributed by atoms with E-state index < -0.39 is 5.41 Å². The lowest BCUT2D eigenvalue weighted by Gasteiger charge is -2.26. The highest BCUT2D eigenvalue weighted by Gasteiger charge is 2.25. The Bertz CT molecular complexity index is 70.7. The van der Waals surface area contributed by atoms with E-state index in [4.69, 9.17) is 15.3 Å². The van der Waals surface area contributed by atoms with E-state index in [1.54, 1.807) is 0 Å². The number of aliphatic hydroxyl groups excluding tert-OH is 3. The molecule has 3 nitrogen and oxygen atoms in total. The third-order valence-electron chi connectivity index (χ3n) is 2.06.